The number of nitrogens with zero attached hydrogens (tertiary/aromatic N) is 4. The van der Waals surface area contributed by atoms with E-state index < -0.39 is 0 Å². The molecule has 0 radical (unpaired) electrons. The van der Waals surface area contributed by atoms with Crippen LogP contribution in [0.15, 0.2) is 94.1 Å². The number of aromatic nitrogens is 1. The lowest BCUT2D eigenvalue weighted by molar-refractivity contribution is -0.113. The second kappa shape index (κ2) is 8.20. The van der Waals surface area contributed by atoms with Crippen LogP contribution in [0.4, 0.5) is 0 Å². The van der Waals surface area contributed by atoms with Crippen molar-refractivity contribution in [1.29, 1.82) is 0 Å². The molecule has 1 atom stereocenters. The quantitative estimate of drug-likeness (QED) is 0.619. The van der Waals surface area contributed by atoms with E-state index in [0.29, 0.717) is 16.5 Å². The van der Waals surface area contributed by atoms with E-state index in [-0.39, 0.29) is 17.7 Å². The molecule has 152 valence electrons. The van der Waals surface area contributed by atoms with Crippen molar-refractivity contribution in [1.82, 2.24) is 9.99 Å². The van der Waals surface area contributed by atoms with E-state index >= 15 is 0 Å². The minimum absolute atomic E-state index is 0.197. The molecule has 0 saturated carbocycles. The molecule has 7 heteroatoms. The summed E-state index contributed by atoms with van der Waals surface area (Å²) in [6.45, 7) is 0. The van der Waals surface area contributed by atoms with Gasteiger partial charge < -0.3 is 5.11 Å². The van der Waals surface area contributed by atoms with Gasteiger partial charge in [0, 0.05) is 24.4 Å². The highest BCUT2D eigenvalue weighted by Gasteiger charge is 2.37. The summed E-state index contributed by atoms with van der Waals surface area (Å²) in [5.74, 6) is -0.105. The lowest BCUT2D eigenvalue weighted by Crippen LogP contribution is -2.23. The highest BCUT2D eigenvalue weighted by molar-refractivity contribution is 8.18. The fraction of sp³-hybridized carbons (Fsp3) is 0.0833. The number of carbonyl (C=O) groups is 1. The van der Waals surface area contributed by atoms with Crippen LogP contribution in [0.25, 0.3) is 6.08 Å². The predicted molar refractivity (Wildman–Crippen MR) is 123 cm³/mol. The number of hydrazone groups is 1. The van der Waals surface area contributed by atoms with E-state index in [4.69, 9.17) is 5.10 Å². The Morgan fingerprint density at radius 2 is 1.84 bits per heavy atom. The van der Waals surface area contributed by atoms with Gasteiger partial charge in [-0.15, -0.1) is 0 Å². The summed E-state index contributed by atoms with van der Waals surface area (Å²) in [6.07, 6.45) is 5.76. The molecule has 31 heavy (non-hydrogen) atoms. The molecule has 0 saturated heterocycles. The van der Waals surface area contributed by atoms with Crippen LogP contribution in [-0.2, 0) is 4.79 Å². The normalized spacial score (nSPS) is 19.6. The van der Waals surface area contributed by atoms with Gasteiger partial charge in [-0.3, -0.25) is 9.78 Å². The third-order valence-corrected chi connectivity index (χ3v) is 6.07. The molecule has 0 spiro atoms. The molecule has 3 aromatic rings. The number of amidine groups is 1. The fourth-order valence-corrected chi connectivity index (χ4v) is 4.53. The third-order valence-electron chi connectivity index (χ3n) is 5.10. The summed E-state index contributed by atoms with van der Waals surface area (Å²) in [7, 11) is 0. The van der Waals surface area contributed by atoms with Crippen LogP contribution in [0.3, 0.4) is 0 Å². The first-order valence-corrected chi connectivity index (χ1v) is 10.6. The van der Waals surface area contributed by atoms with Crippen molar-refractivity contribution in [3.8, 4) is 5.75 Å². The maximum atomic E-state index is 12.6. The van der Waals surface area contributed by atoms with Crippen molar-refractivity contribution < 1.29 is 9.90 Å². The van der Waals surface area contributed by atoms with Gasteiger partial charge in [0.25, 0.3) is 5.91 Å². The van der Waals surface area contributed by atoms with Crippen LogP contribution in [0.5, 0.6) is 5.75 Å². The lowest BCUT2D eigenvalue weighted by atomic mass is 9.98. The maximum absolute atomic E-state index is 12.6. The summed E-state index contributed by atoms with van der Waals surface area (Å²) in [4.78, 5) is 21.5. The smallest absolute Gasteiger partial charge is 0.286 e. The van der Waals surface area contributed by atoms with Gasteiger partial charge in [0.2, 0.25) is 0 Å². The molecule has 1 N–H and O–H groups in total. The second-order valence-corrected chi connectivity index (χ2v) is 8.14. The number of phenols is 1. The first-order chi connectivity index (χ1) is 15.2. The Labute approximate surface area is 183 Å². The average Bonchev–Trinajstić information content (AvgIpc) is 3.39. The number of hydrogen-bond acceptors (Lipinski definition) is 6. The van der Waals surface area contributed by atoms with Crippen molar-refractivity contribution in [2.24, 2.45) is 10.1 Å². The number of amides is 1. The largest absolute Gasteiger partial charge is 0.508 e. The number of rotatable bonds is 3. The monoisotopic (exact) mass is 426 g/mol. The Morgan fingerprint density at radius 1 is 1.03 bits per heavy atom. The zero-order chi connectivity index (χ0) is 21.2. The lowest BCUT2D eigenvalue weighted by Gasteiger charge is -2.23. The summed E-state index contributed by atoms with van der Waals surface area (Å²) in [6, 6.07) is 20.6. The van der Waals surface area contributed by atoms with Gasteiger partial charge in [0.15, 0.2) is 5.17 Å². The van der Waals surface area contributed by atoms with E-state index in [1.54, 1.807) is 35.6 Å². The van der Waals surface area contributed by atoms with E-state index in [9.17, 15) is 9.90 Å². The predicted octanol–water partition coefficient (Wildman–Crippen LogP) is 4.61. The van der Waals surface area contributed by atoms with Gasteiger partial charge in [0.1, 0.15) is 5.75 Å². The standard InChI is InChI=1S/C24H18N4O2S/c29-21-11-5-4-10-18(21)20-14-19(17-8-2-1-3-9-17)27-28(20)24-26-23(30)22(31-24)13-16-7-6-12-25-15-16/h1-13,15,20,29H,14H2/b22-13-. The number of carbonyl (C=O) groups excluding carboxylic acids is 1. The molecular weight excluding hydrogens is 408 g/mol. The van der Waals surface area contributed by atoms with Crippen molar-refractivity contribution in [2.75, 3.05) is 0 Å². The van der Waals surface area contributed by atoms with Crippen molar-refractivity contribution >= 4 is 34.6 Å². The molecular formula is C24H18N4O2S. The van der Waals surface area contributed by atoms with E-state index in [1.165, 1.54) is 11.8 Å². The molecule has 1 aromatic heterocycles. The highest BCUT2D eigenvalue weighted by Crippen LogP contribution is 2.41. The van der Waals surface area contributed by atoms with Gasteiger partial charge in [-0.05, 0) is 41.1 Å². The van der Waals surface area contributed by atoms with Gasteiger partial charge in [-0.25, -0.2) is 5.01 Å². The Morgan fingerprint density at radius 3 is 2.61 bits per heavy atom. The minimum Gasteiger partial charge on any atom is -0.508 e. The zero-order valence-corrected chi connectivity index (χ0v) is 17.2. The van der Waals surface area contributed by atoms with Gasteiger partial charge in [-0.2, -0.15) is 10.1 Å². The summed E-state index contributed by atoms with van der Waals surface area (Å²) >= 11 is 1.28. The topological polar surface area (TPSA) is 78.2 Å². The molecule has 1 amide bonds. The van der Waals surface area contributed by atoms with E-state index in [1.807, 2.05) is 54.6 Å². The molecule has 2 aliphatic rings. The first kappa shape index (κ1) is 19.3. The summed E-state index contributed by atoms with van der Waals surface area (Å²) in [5.41, 5.74) is 3.47. The van der Waals surface area contributed by atoms with Crippen LogP contribution in [0, 0.1) is 0 Å². The van der Waals surface area contributed by atoms with Crippen LogP contribution in [0.2, 0.25) is 0 Å². The van der Waals surface area contributed by atoms with Crippen molar-refractivity contribution in [3.05, 3.63) is 101 Å². The SMILES string of the molecule is O=C1N=C(N2N=C(c3ccccc3)CC2c2ccccc2O)S/C1=C\c1cccnc1. The number of para-hydroxylation sites is 1. The van der Waals surface area contributed by atoms with Crippen LogP contribution in [0.1, 0.15) is 29.2 Å². The van der Waals surface area contributed by atoms with Gasteiger partial charge >= 0.3 is 0 Å². The molecule has 2 aromatic carbocycles. The van der Waals surface area contributed by atoms with Crippen LogP contribution in [-0.4, -0.2) is 31.9 Å². The molecule has 0 fully saturated rings. The number of benzene rings is 2. The Bertz CT molecular complexity index is 1220. The summed E-state index contributed by atoms with van der Waals surface area (Å²) in [5, 5.41) is 17.5. The van der Waals surface area contributed by atoms with Crippen molar-refractivity contribution in [3.63, 3.8) is 0 Å². The highest BCUT2D eigenvalue weighted by atomic mass is 32.2. The number of thioether (sulfide) groups is 1. The van der Waals surface area contributed by atoms with E-state index in [0.717, 1.165) is 22.4 Å². The molecule has 6 nitrogen and oxygen atoms in total. The number of hydrogen-bond donors (Lipinski definition) is 1. The van der Waals surface area contributed by atoms with Gasteiger partial charge in [0.05, 0.1) is 16.7 Å². The number of pyridine rings is 1. The molecule has 0 aliphatic carbocycles. The Kier molecular flexibility index (Phi) is 5.09. The maximum Gasteiger partial charge on any atom is 0.286 e. The van der Waals surface area contributed by atoms with Crippen LogP contribution >= 0.6 is 11.8 Å². The Balaban J connectivity index is 1.50. The fourth-order valence-electron chi connectivity index (χ4n) is 3.61. The molecule has 5 rings (SSSR count). The first-order valence-electron chi connectivity index (χ1n) is 9.81. The van der Waals surface area contributed by atoms with Crippen LogP contribution < -0.4 is 0 Å². The molecule has 3 heterocycles. The van der Waals surface area contributed by atoms with Gasteiger partial charge in [-0.1, -0.05) is 54.6 Å². The second-order valence-electron chi connectivity index (χ2n) is 7.13. The molecule has 2 aliphatic heterocycles. The van der Waals surface area contributed by atoms with E-state index in [2.05, 4.69) is 9.98 Å². The third kappa shape index (κ3) is 3.87. The molecule has 1 unspecified atom stereocenters. The number of phenolic OH excluding ortho intramolecular Hbond substituents is 1. The number of aliphatic imine (C=N–C) groups is 1. The summed E-state index contributed by atoms with van der Waals surface area (Å²) < 4.78 is 0. The minimum atomic E-state index is -0.303. The zero-order valence-electron chi connectivity index (χ0n) is 16.4. The average molecular weight is 427 g/mol. The number of aromatic hydroxyl groups is 1. The Hall–Kier alpha value is -3.71. The van der Waals surface area contributed by atoms with Crippen molar-refractivity contribution in [2.45, 2.75) is 12.5 Å². The molecule has 0 bridgehead atoms.